The fraction of sp³-hybridized carbons (Fsp3) is 0.936. The van der Waals surface area contributed by atoms with Crippen LogP contribution in [0.3, 0.4) is 0 Å². The maximum absolute atomic E-state index is 12.4. The van der Waals surface area contributed by atoms with Crippen LogP contribution in [0, 0.1) is 50.2 Å². The van der Waals surface area contributed by atoms with Crippen LogP contribution < -0.4 is 0 Å². The monoisotopic (exact) mass is 913 g/mol. The molecule has 8 aliphatic rings. The molecule has 3 heterocycles. The van der Waals surface area contributed by atoms with Gasteiger partial charge in [0.25, 0.3) is 0 Å². The fourth-order valence-electron chi connectivity index (χ4n) is 14.9. The summed E-state index contributed by atoms with van der Waals surface area (Å²) in [4.78, 5) is 12.4. The average molecular weight is 913 g/mol. The highest BCUT2D eigenvalue weighted by molar-refractivity contribution is 5.73. The molecule has 23 atom stereocenters. The van der Waals surface area contributed by atoms with E-state index in [9.17, 15) is 55.9 Å². The number of aliphatic carboxylic acids is 1. The Hall–Kier alpha value is -1.39. The highest BCUT2D eigenvalue weighted by Gasteiger charge is 2.69. The average Bonchev–Trinajstić information content (AvgIpc) is 3.21. The largest absolute Gasteiger partial charge is 0.479 e. The standard InChI is InChI=1S/C47H76O17/c1-42(2)17-22-21-9-10-26-45(6)13-12-28(43(3,4)25(45)11-14-47(26,8)46(21,7)16-15-44(22,5)27(50)18-42)61-41-37(33(55)32(54)35(62-41)38(57)58)64-40-36(31(53)30(52)24(19-48)60-40)63-39-34(56)29(51)23(49)20-59-39/h9,22-37,39-41,48-56H,10-20H2,1-8H3,(H,57,58)/t22?,23-,24+,25?,26?,27+,28-,29+,30-,31-,32-,33-,34+,35-,36+,37+,39?,40?,41?,44+,45-,46+,47+/m0/s1. The normalized spacial score (nSPS) is 54.6. The Morgan fingerprint density at radius 1 is 0.688 bits per heavy atom. The van der Waals surface area contributed by atoms with Crippen LogP contribution in [-0.2, 0) is 33.2 Å². The molecule has 0 spiro atoms. The van der Waals surface area contributed by atoms with E-state index in [0.717, 1.165) is 51.4 Å². The van der Waals surface area contributed by atoms with Gasteiger partial charge in [0.2, 0.25) is 0 Å². The van der Waals surface area contributed by atoms with Crippen LogP contribution in [0.2, 0.25) is 0 Å². The fourth-order valence-corrected chi connectivity index (χ4v) is 14.9. The number of fused-ring (bicyclic) bond motifs is 7. The third kappa shape index (κ3) is 7.58. The molecule has 3 aliphatic heterocycles. The van der Waals surface area contributed by atoms with Crippen LogP contribution in [0.4, 0.5) is 0 Å². The Kier molecular flexibility index (Phi) is 13.0. The molecule has 3 saturated heterocycles. The minimum Gasteiger partial charge on any atom is -0.479 e. The summed E-state index contributed by atoms with van der Waals surface area (Å²) in [6.07, 6.45) is -14.7. The van der Waals surface area contributed by atoms with E-state index < -0.39 is 117 Å². The number of hydrogen-bond acceptors (Lipinski definition) is 16. The minimum absolute atomic E-state index is 0.000132. The molecule has 64 heavy (non-hydrogen) atoms. The Bertz CT molecular complexity index is 1760. The van der Waals surface area contributed by atoms with Gasteiger partial charge in [-0.05, 0) is 103 Å². The quantitative estimate of drug-likeness (QED) is 0.122. The molecular formula is C47H76O17. The molecule has 0 radical (unpaired) electrons. The number of carboxylic acid groups (broad SMARTS) is 1. The lowest BCUT2D eigenvalue weighted by molar-refractivity contribution is -0.392. The summed E-state index contributed by atoms with van der Waals surface area (Å²) in [5.41, 5.74) is 0.775. The molecule has 0 amide bonds. The molecule has 0 aromatic heterocycles. The Morgan fingerprint density at radius 2 is 1.33 bits per heavy atom. The van der Waals surface area contributed by atoms with Crippen molar-refractivity contribution in [2.24, 2.45) is 50.2 Å². The molecule has 17 heteroatoms. The predicted octanol–water partition coefficient (Wildman–Crippen LogP) is 1.34. The van der Waals surface area contributed by atoms with Gasteiger partial charge in [-0.2, -0.15) is 0 Å². The minimum atomic E-state index is -2.01. The van der Waals surface area contributed by atoms with Gasteiger partial charge in [-0.15, -0.1) is 0 Å². The molecule has 10 N–H and O–H groups in total. The van der Waals surface area contributed by atoms with Crippen LogP contribution >= 0.6 is 0 Å². The number of aliphatic hydroxyl groups is 9. The van der Waals surface area contributed by atoms with Crippen LogP contribution in [0.1, 0.15) is 113 Å². The van der Waals surface area contributed by atoms with Gasteiger partial charge >= 0.3 is 5.97 Å². The third-order valence-electron chi connectivity index (χ3n) is 19.0. The summed E-state index contributed by atoms with van der Waals surface area (Å²) in [6.45, 7) is 17.4. The van der Waals surface area contributed by atoms with E-state index in [1.54, 1.807) is 5.57 Å². The summed E-state index contributed by atoms with van der Waals surface area (Å²) < 4.78 is 36.0. The highest BCUT2D eigenvalue weighted by Crippen LogP contribution is 2.76. The molecule has 4 saturated carbocycles. The second-order valence-corrected chi connectivity index (χ2v) is 23.3. The Labute approximate surface area is 376 Å². The topological polar surface area (TPSA) is 275 Å². The van der Waals surface area contributed by atoms with Crippen molar-refractivity contribution in [3.8, 4) is 0 Å². The van der Waals surface area contributed by atoms with Crippen molar-refractivity contribution in [1.82, 2.24) is 0 Å². The third-order valence-corrected chi connectivity index (χ3v) is 19.0. The molecular weight excluding hydrogens is 836 g/mol. The van der Waals surface area contributed by atoms with Gasteiger partial charge in [0.05, 0.1) is 25.4 Å². The van der Waals surface area contributed by atoms with Gasteiger partial charge in [-0.1, -0.05) is 67.0 Å². The van der Waals surface area contributed by atoms with Crippen molar-refractivity contribution in [3.63, 3.8) is 0 Å². The summed E-state index contributed by atoms with van der Waals surface area (Å²) >= 11 is 0. The van der Waals surface area contributed by atoms with Crippen molar-refractivity contribution in [3.05, 3.63) is 11.6 Å². The van der Waals surface area contributed by atoms with Crippen molar-refractivity contribution in [2.45, 2.75) is 211 Å². The molecule has 17 nitrogen and oxygen atoms in total. The number of carboxylic acids is 1. The number of aliphatic hydroxyl groups excluding tert-OH is 9. The van der Waals surface area contributed by atoms with Gasteiger partial charge < -0.3 is 79.5 Å². The number of rotatable bonds is 8. The summed E-state index contributed by atoms with van der Waals surface area (Å²) in [5, 5.41) is 107. The SMILES string of the molecule is CC1(C)CC2C3=CCC4[C@@]5(C)CC[C@H](OC6O[C@H](C(=O)O)[C@@H](O)[C@H](O)[C@H]6OC6O[C@H](CO)[C@H](O)[C@H](O)[C@H]6OC6OC[C@H](O)[C@@H](O)[C@H]6O)C(C)(C)C5CC[C@@]4(C)[C@]3(C)CC[C@@]2(C)[C@H](O)C1. The zero-order valence-corrected chi connectivity index (χ0v) is 38.7. The van der Waals surface area contributed by atoms with E-state index in [0.29, 0.717) is 18.3 Å². The molecule has 0 aromatic rings. The summed E-state index contributed by atoms with van der Waals surface area (Å²) in [6, 6.07) is 0. The van der Waals surface area contributed by atoms with Crippen molar-refractivity contribution >= 4 is 5.97 Å². The molecule has 8 rings (SSSR count). The number of hydrogen-bond donors (Lipinski definition) is 10. The van der Waals surface area contributed by atoms with E-state index in [1.807, 2.05) is 0 Å². The number of carbonyl (C=O) groups is 1. The van der Waals surface area contributed by atoms with Gasteiger partial charge in [-0.3, -0.25) is 0 Å². The maximum Gasteiger partial charge on any atom is 0.335 e. The maximum atomic E-state index is 12.4. The zero-order valence-electron chi connectivity index (χ0n) is 38.7. The Morgan fingerprint density at radius 3 is 1.98 bits per heavy atom. The van der Waals surface area contributed by atoms with Crippen LogP contribution in [0.5, 0.6) is 0 Å². The summed E-state index contributed by atoms with van der Waals surface area (Å²) in [7, 11) is 0. The van der Waals surface area contributed by atoms with Crippen LogP contribution in [-0.4, -0.2) is 168 Å². The smallest absolute Gasteiger partial charge is 0.335 e. The first-order valence-electron chi connectivity index (χ1n) is 23.6. The molecule has 0 bridgehead atoms. The lowest BCUT2D eigenvalue weighted by Gasteiger charge is -2.71. The number of ether oxygens (including phenoxy) is 6. The van der Waals surface area contributed by atoms with Crippen molar-refractivity contribution in [2.75, 3.05) is 13.2 Å². The van der Waals surface area contributed by atoms with E-state index in [2.05, 4.69) is 61.5 Å². The molecule has 0 aromatic carbocycles. The van der Waals surface area contributed by atoms with Crippen molar-refractivity contribution in [1.29, 1.82) is 0 Å². The van der Waals surface area contributed by atoms with Gasteiger partial charge in [0.1, 0.15) is 61.0 Å². The first kappa shape index (κ1) is 49.0. The summed E-state index contributed by atoms with van der Waals surface area (Å²) in [5.74, 6) is -0.718. The van der Waals surface area contributed by atoms with Crippen molar-refractivity contribution < 1.29 is 84.3 Å². The molecule has 5 aliphatic carbocycles. The van der Waals surface area contributed by atoms with Gasteiger partial charge in [-0.25, -0.2) is 4.79 Å². The molecule has 6 unspecified atom stereocenters. The van der Waals surface area contributed by atoms with E-state index >= 15 is 0 Å². The van der Waals surface area contributed by atoms with E-state index in [-0.39, 0.29) is 39.1 Å². The van der Waals surface area contributed by atoms with Gasteiger partial charge in [0, 0.05) is 5.41 Å². The highest BCUT2D eigenvalue weighted by atomic mass is 16.8. The number of allylic oxidation sites excluding steroid dienone is 2. The molecule has 366 valence electrons. The lowest BCUT2D eigenvalue weighted by atomic mass is 9.33. The van der Waals surface area contributed by atoms with Gasteiger partial charge in [0.15, 0.2) is 25.0 Å². The van der Waals surface area contributed by atoms with E-state index in [4.69, 9.17) is 28.4 Å². The first-order chi connectivity index (χ1) is 29.8. The second kappa shape index (κ2) is 16.9. The zero-order chi connectivity index (χ0) is 46.9. The predicted molar refractivity (Wildman–Crippen MR) is 225 cm³/mol. The first-order valence-corrected chi connectivity index (χ1v) is 23.6. The second-order valence-electron chi connectivity index (χ2n) is 23.3. The van der Waals surface area contributed by atoms with E-state index in [1.165, 1.54) is 0 Å². The van der Waals surface area contributed by atoms with Crippen LogP contribution in [0.15, 0.2) is 11.6 Å². The lowest BCUT2D eigenvalue weighted by Crippen LogP contribution is -2.68. The van der Waals surface area contributed by atoms with Crippen LogP contribution in [0.25, 0.3) is 0 Å². The molecule has 7 fully saturated rings. The Balaban J connectivity index is 1.06.